The Kier molecular flexibility index (Phi) is 4.56. The van der Waals surface area contributed by atoms with Gasteiger partial charge >= 0.3 is 6.03 Å². The Balaban J connectivity index is 1.63. The van der Waals surface area contributed by atoms with Gasteiger partial charge in [0.25, 0.3) is 0 Å². The molecule has 2 N–H and O–H groups in total. The molecule has 1 aromatic heterocycles. The SMILES string of the molecule is O=C(Nc1ccccn1)N[C@@H]1CCO[C@H]1c1ccc(Cl)cc1. The van der Waals surface area contributed by atoms with E-state index in [1.54, 1.807) is 18.3 Å². The van der Waals surface area contributed by atoms with Crippen molar-refractivity contribution in [3.63, 3.8) is 0 Å². The van der Waals surface area contributed by atoms with Gasteiger partial charge in [-0.05, 0) is 36.2 Å². The molecule has 1 fully saturated rings. The Morgan fingerprint density at radius 1 is 1.23 bits per heavy atom. The number of pyridine rings is 1. The number of hydrogen-bond acceptors (Lipinski definition) is 3. The molecule has 0 bridgehead atoms. The Morgan fingerprint density at radius 3 is 2.77 bits per heavy atom. The highest BCUT2D eigenvalue weighted by Crippen LogP contribution is 2.29. The first kappa shape index (κ1) is 14.8. The summed E-state index contributed by atoms with van der Waals surface area (Å²) in [5.41, 5.74) is 1.00. The number of carbonyl (C=O) groups excluding carboxylic acids is 1. The van der Waals surface area contributed by atoms with Crippen molar-refractivity contribution in [1.29, 1.82) is 0 Å². The van der Waals surface area contributed by atoms with Gasteiger partial charge in [0.1, 0.15) is 11.9 Å². The number of anilines is 1. The number of aromatic nitrogens is 1. The van der Waals surface area contributed by atoms with Crippen molar-refractivity contribution in [2.24, 2.45) is 0 Å². The number of ether oxygens (including phenoxy) is 1. The standard InChI is InChI=1S/C16H16ClN3O2/c17-12-6-4-11(5-7-12)15-13(8-10-22-15)19-16(21)20-14-3-1-2-9-18-14/h1-7,9,13,15H,8,10H2,(H2,18,19,20,21)/t13-,15+/m1/s1. The highest BCUT2D eigenvalue weighted by atomic mass is 35.5. The van der Waals surface area contributed by atoms with Gasteiger partial charge in [-0.25, -0.2) is 9.78 Å². The van der Waals surface area contributed by atoms with Gasteiger partial charge in [0.15, 0.2) is 0 Å². The number of halogens is 1. The van der Waals surface area contributed by atoms with Crippen LogP contribution in [0.5, 0.6) is 0 Å². The molecular formula is C16H16ClN3O2. The number of amides is 2. The molecule has 22 heavy (non-hydrogen) atoms. The molecule has 2 amide bonds. The third-order valence-electron chi connectivity index (χ3n) is 3.51. The molecule has 0 unspecified atom stereocenters. The van der Waals surface area contributed by atoms with E-state index in [1.807, 2.05) is 30.3 Å². The molecule has 1 saturated heterocycles. The molecule has 0 radical (unpaired) electrons. The first-order valence-electron chi connectivity index (χ1n) is 7.08. The number of urea groups is 1. The zero-order valence-corrected chi connectivity index (χ0v) is 12.6. The first-order valence-corrected chi connectivity index (χ1v) is 7.46. The molecule has 6 heteroatoms. The molecule has 0 saturated carbocycles. The quantitative estimate of drug-likeness (QED) is 0.912. The molecule has 114 valence electrons. The van der Waals surface area contributed by atoms with Crippen molar-refractivity contribution in [2.45, 2.75) is 18.6 Å². The van der Waals surface area contributed by atoms with E-state index < -0.39 is 0 Å². The molecule has 2 atom stereocenters. The van der Waals surface area contributed by atoms with Crippen molar-refractivity contribution < 1.29 is 9.53 Å². The van der Waals surface area contributed by atoms with Crippen LogP contribution < -0.4 is 10.6 Å². The molecule has 1 aliphatic rings. The van der Waals surface area contributed by atoms with Crippen molar-refractivity contribution >= 4 is 23.4 Å². The van der Waals surface area contributed by atoms with Crippen molar-refractivity contribution in [2.75, 3.05) is 11.9 Å². The first-order chi connectivity index (χ1) is 10.7. The lowest BCUT2D eigenvalue weighted by Gasteiger charge is -2.20. The maximum absolute atomic E-state index is 12.1. The summed E-state index contributed by atoms with van der Waals surface area (Å²) < 4.78 is 5.74. The number of carbonyl (C=O) groups is 1. The van der Waals surface area contributed by atoms with Crippen LogP contribution in [0.25, 0.3) is 0 Å². The van der Waals surface area contributed by atoms with Gasteiger partial charge in [0.2, 0.25) is 0 Å². The Hall–Kier alpha value is -2.11. The number of nitrogens with zero attached hydrogens (tertiary/aromatic N) is 1. The van der Waals surface area contributed by atoms with Gasteiger partial charge in [-0.15, -0.1) is 0 Å². The Labute approximate surface area is 133 Å². The van der Waals surface area contributed by atoms with Crippen LogP contribution in [-0.4, -0.2) is 23.7 Å². The van der Waals surface area contributed by atoms with Crippen LogP contribution in [0, 0.1) is 0 Å². The topological polar surface area (TPSA) is 63.2 Å². The summed E-state index contributed by atoms with van der Waals surface area (Å²) in [6.07, 6.45) is 2.24. The highest BCUT2D eigenvalue weighted by molar-refractivity contribution is 6.30. The van der Waals surface area contributed by atoms with Crippen LogP contribution >= 0.6 is 11.6 Å². The van der Waals surface area contributed by atoms with Gasteiger partial charge < -0.3 is 10.1 Å². The summed E-state index contributed by atoms with van der Waals surface area (Å²) in [5.74, 6) is 0.516. The molecule has 2 aromatic rings. The van der Waals surface area contributed by atoms with Gasteiger partial charge in [0, 0.05) is 17.8 Å². The lowest BCUT2D eigenvalue weighted by molar-refractivity contribution is 0.100. The number of rotatable bonds is 3. The molecule has 5 nitrogen and oxygen atoms in total. The fraction of sp³-hybridized carbons (Fsp3) is 0.250. The summed E-state index contributed by atoms with van der Waals surface area (Å²) in [6.45, 7) is 0.613. The second kappa shape index (κ2) is 6.77. The average molecular weight is 318 g/mol. The van der Waals surface area contributed by atoms with Crippen LogP contribution in [0.1, 0.15) is 18.1 Å². The molecule has 0 aliphatic carbocycles. The molecule has 1 aromatic carbocycles. The predicted octanol–water partition coefficient (Wildman–Crippen LogP) is 3.39. The summed E-state index contributed by atoms with van der Waals surface area (Å²) in [4.78, 5) is 16.1. The van der Waals surface area contributed by atoms with E-state index in [9.17, 15) is 4.79 Å². The maximum Gasteiger partial charge on any atom is 0.320 e. The zero-order valence-electron chi connectivity index (χ0n) is 11.8. The van der Waals surface area contributed by atoms with Gasteiger partial charge in [0.05, 0.1) is 6.04 Å². The summed E-state index contributed by atoms with van der Waals surface area (Å²) in [5, 5.41) is 6.33. The minimum absolute atomic E-state index is 0.0788. The monoisotopic (exact) mass is 317 g/mol. The maximum atomic E-state index is 12.1. The summed E-state index contributed by atoms with van der Waals surface area (Å²) >= 11 is 5.90. The van der Waals surface area contributed by atoms with Crippen LogP contribution in [0.3, 0.4) is 0 Å². The normalized spacial score (nSPS) is 20.6. The third-order valence-corrected chi connectivity index (χ3v) is 3.77. The number of nitrogens with one attached hydrogen (secondary N) is 2. The largest absolute Gasteiger partial charge is 0.371 e. The van der Waals surface area contributed by atoms with E-state index >= 15 is 0 Å². The van der Waals surface area contributed by atoms with Crippen LogP contribution in [0.2, 0.25) is 5.02 Å². The predicted molar refractivity (Wildman–Crippen MR) is 84.9 cm³/mol. The van der Waals surface area contributed by atoms with Crippen molar-refractivity contribution in [1.82, 2.24) is 10.3 Å². The van der Waals surface area contributed by atoms with Gasteiger partial charge in [-0.1, -0.05) is 29.8 Å². The minimum Gasteiger partial charge on any atom is -0.371 e. The number of hydrogen-bond donors (Lipinski definition) is 2. The van der Waals surface area contributed by atoms with Crippen molar-refractivity contribution in [3.8, 4) is 0 Å². The Bertz CT molecular complexity index is 634. The van der Waals surface area contributed by atoms with E-state index in [4.69, 9.17) is 16.3 Å². The molecule has 1 aliphatic heterocycles. The highest BCUT2D eigenvalue weighted by Gasteiger charge is 2.30. The van der Waals surface area contributed by atoms with Crippen LogP contribution in [0.4, 0.5) is 10.6 Å². The fourth-order valence-corrected chi connectivity index (χ4v) is 2.60. The third kappa shape index (κ3) is 3.55. The summed E-state index contributed by atoms with van der Waals surface area (Å²) in [6, 6.07) is 12.5. The zero-order chi connectivity index (χ0) is 15.4. The van der Waals surface area contributed by atoms with Gasteiger partial charge in [-0.3, -0.25) is 5.32 Å². The lowest BCUT2D eigenvalue weighted by Crippen LogP contribution is -2.39. The minimum atomic E-state index is -0.284. The van der Waals surface area contributed by atoms with E-state index in [0.717, 1.165) is 12.0 Å². The average Bonchev–Trinajstić information content (AvgIpc) is 2.97. The smallest absolute Gasteiger partial charge is 0.320 e. The van der Waals surface area contributed by atoms with Gasteiger partial charge in [-0.2, -0.15) is 0 Å². The van der Waals surface area contributed by atoms with E-state index in [1.165, 1.54) is 0 Å². The van der Waals surface area contributed by atoms with Crippen LogP contribution in [-0.2, 0) is 4.74 Å². The Morgan fingerprint density at radius 2 is 2.05 bits per heavy atom. The second-order valence-corrected chi connectivity index (χ2v) is 5.49. The summed E-state index contributed by atoms with van der Waals surface area (Å²) in [7, 11) is 0. The lowest BCUT2D eigenvalue weighted by atomic mass is 10.0. The van der Waals surface area contributed by atoms with E-state index in [2.05, 4.69) is 15.6 Å². The molecule has 2 heterocycles. The fourth-order valence-electron chi connectivity index (χ4n) is 2.48. The van der Waals surface area contributed by atoms with E-state index in [-0.39, 0.29) is 18.2 Å². The van der Waals surface area contributed by atoms with Crippen LogP contribution in [0.15, 0.2) is 48.7 Å². The number of benzene rings is 1. The molecule has 3 rings (SSSR count). The second-order valence-electron chi connectivity index (χ2n) is 5.05. The van der Waals surface area contributed by atoms with E-state index in [0.29, 0.717) is 17.4 Å². The van der Waals surface area contributed by atoms with Crippen molar-refractivity contribution in [3.05, 3.63) is 59.2 Å². The molecular weight excluding hydrogens is 302 g/mol. The molecule has 0 spiro atoms.